The SMILES string of the molecule is CCN(C(=O)c1c(C)c(C)nn(C)c1=O)C(C)CC(=O)O. The number of rotatable bonds is 5. The van der Waals surface area contributed by atoms with Gasteiger partial charge in [0.25, 0.3) is 11.5 Å². The molecule has 116 valence electrons. The number of carboxylic acids is 1. The number of amides is 1. The molecule has 0 aromatic carbocycles. The quantitative estimate of drug-likeness (QED) is 0.864. The molecule has 1 unspecified atom stereocenters. The van der Waals surface area contributed by atoms with Crippen molar-refractivity contribution in [3.63, 3.8) is 0 Å². The summed E-state index contributed by atoms with van der Waals surface area (Å²) in [4.78, 5) is 37.0. The summed E-state index contributed by atoms with van der Waals surface area (Å²) in [6.07, 6.45) is -0.164. The van der Waals surface area contributed by atoms with E-state index in [9.17, 15) is 14.4 Å². The van der Waals surface area contributed by atoms with Crippen LogP contribution in [0.4, 0.5) is 0 Å². The van der Waals surface area contributed by atoms with Crippen molar-refractivity contribution in [3.05, 3.63) is 27.2 Å². The number of aromatic nitrogens is 2. The molecular formula is C14H21N3O4. The van der Waals surface area contributed by atoms with Gasteiger partial charge in [-0.25, -0.2) is 4.68 Å². The van der Waals surface area contributed by atoms with Crippen molar-refractivity contribution in [3.8, 4) is 0 Å². The minimum atomic E-state index is -0.982. The topological polar surface area (TPSA) is 92.5 Å². The molecule has 0 aliphatic heterocycles. The van der Waals surface area contributed by atoms with Crippen LogP contribution in [0.2, 0.25) is 0 Å². The highest BCUT2D eigenvalue weighted by Gasteiger charge is 2.26. The van der Waals surface area contributed by atoms with Crippen LogP contribution < -0.4 is 5.56 Å². The van der Waals surface area contributed by atoms with E-state index in [-0.39, 0.29) is 12.0 Å². The van der Waals surface area contributed by atoms with Gasteiger partial charge in [0.1, 0.15) is 5.56 Å². The molecule has 1 amide bonds. The van der Waals surface area contributed by atoms with Gasteiger partial charge in [-0.1, -0.05) is 0 Å². The zero-order chi connectivity index (χ0) is 16.3. The largest absolute Gasteiger partial charge is 0.481 e. The third-order valence-corrected chi connectivity index (χ3v) is 3.54. The van der Waals surface area contributed by atoms with Gasteiger partial charge in [-0.2, -0.15) is 5.10 Å². The van der Waals surface area contributed by atoms with Gasteiger partial charge in [0.15, 0.2) is 0 Å². The van der Waals surface area contributed by atoms with Gasteiger partial charge in [-0.05, 0) is 33.3 Å². The standard InChI is InChI=1S/C14H21N3O4/c1-6-17(8(2)7-11(18)19)14(21)12-9(3)10(4)15-16(5)13(12)20/h8H,6-7H2,1-5H3,(H,18,19). The molecule has 0 saturated carbocycles. The maximum atomic E-state index is 12.6. The Bertz CT molecular complexity index is 621. The van der Waals surface area contributed by atoms with Crippen LogP contribution in [-0.4, -0.2) is 44.3 Å². The Morgan fingerprint density at radius 1 is 1.38 bits per heavy atom. The molecule has 1 rings (SSSR count). The number of carbonyl (C=O) groups excluding carboxylic acids is 1. The highest BCUT2D eigenvalue weighted by atomic mass is 16.4. The summed E-state index contributed by atoms with van der Waals surface area (Å²) in [5, 5.41) is 12.9. The molecule has 0 saturated heterocycles. The van der Waals surface area contributed by atoms with Crippen LogP contribution in [0, 0.1) is 13.8 Å². The molecule has 7 nitrogen and oxygen atoms in total. The Kier molecular flexibility index (Phi) is 5.23. The molecule has 0 aliphatic rings. The minimum absolute atomic E-state index is 0.0593. The van der Waals surface area contributed by atoms with Crippen LogP contribution in [0.1, 0.15) is 41.9 Å². The molecule has 1 aromatic rings. The van der Waals surface area contributed by atoms with Crippen LogP contribution in [0.15, 0.2) is 4.79 Å². The molecular weight excluding hydrogens is 274 g/mol. The highest BCUT2D eigenvalue weighted by molar-refractivity contribution is 5.95. The number of aliphatic carboxylic acids is 1. The lowest BCUT2D eigenvalue weighted by molar-refractivity contribution is -0.138. The van der Waals surface area contributed by atoms with Crippen molar-refractivity contribution < 1.29 is 14.7 Å². The summed E-state index contributed by atoms with van der Waals surface area (Å²) in [7, 11) is 1.49. The molecule has 0 spiro atoms. The first-order valence-electron chi connectivity index (χ1n) is 6.77. The number of hydrogen-bond donors (Lipinski definition) is 1. The normalized spacial score (nSPS) is 12.0. The van der Waals surface area contributed by atoms with Gasteiger partial charge in [0.05, 0.1) is 12.1 Å². The summed E-state index contributed by atoms with van der Waals surface area (Å²) in [5.41, 5.74) is 0.722. The van der Waals surface area contributed by atoms with Gasteiger partial charge in [0.2, 0.25) is 0 Å². The number of hydrogen-bond acceptors (Lipinski definition) is 4. The average molecular weight is 295 g/mol. The van der Waals surface area contributed by atoms with Crippen molar-refractivity contribution in [1.29, 1.82) is 0 Å². The fraction of sp³-hybridized carbons (Fsp3) is 0.571. The van der Waals surface area contributed by atoms with Crippen LogP contribution in [0.5, 0.6) is 0 Å². The zero-order valence-electron chi connectivity index (χ0n) is 13.0. The van der Waals surface area contributed by atoms with Gasteiger partial charge in [0, 0.05) is 19.6 Å². The minimum Gasteiger partial charge on any atom is -0.481 e. The third-order valence-electron chi connectivity index (χ3n) is 3.54. The molecule has 7 heteroatoms. The molecule has 21 heavy (non-hydrogen) atoms. The Labute approximate surface area is 123 Å². The average Bonchev–Trinajstić information content (AvgIpc) is 2.36. The zero-order valence-corrected chi connectivity index (χ0v) is 13.0. The van der Waals surface area contributed by atoms with E-state index in [0.717, 1.165) is 4.68 Å². The molecule has 0 aliphatic carbocycles. The second-order valence-electron chi connectivity index (χ2n) is 5.05. The fourth-order valence-electron chi connectivity index (χ4n) is 2.26. The predicted molar refractivity (Wildman–Crippen MR) is 77.4 cm³/mol. The summed E-state index contributed by atoms with van der Waals surface area (Å²) in [6, 6.07) is -0.488. The lowest BCUT2D eigenvalue weighted by Gasteiger charge is -2.27. The van der Waals surface area contributed by atoms with Gasteiger partial charge < -0.3 is 10.0 Å². The Morgan fingerprint density at radius 2 is 1.95 bits per heavy atom. The van der Waals surface area contributed by atoms with Crippen LogP contribution >= 0.6 is 0 Å². The first-order chi connectivity index (χ1) is 9.70. The van der Waals surface area contributed by atoms with Crippen molar-refractivity contribution >= 4 is 11.9 Å². The van der Waals surface area contributed by atoms with Gasteiger partial charge in [-0.3, -0.25) is 14.4 Å². The highest BCUT2D eigenvalue weighted by Crippen LogP contribution is 2.13. The lowest BCUT2D eigenvalue weighted by Crippen LogP contribution is -2.43. The smallest absolute Gasteiger partial charge is 0.305 e. The van der Waals surface area contributed by atoms with E-state index in [1.54, 1.807) is 27.7 Å². The fourth-order valence-corrected chi connectivity index (χ4v) is 2.26. The third kappa shape index (κ3) is 3.48. The van der Waals surface area contributed by atoms with E-state index in [1.807, 2.05) is 0 Å². The van der Waals surface area contributed by atoms with E-state index >= 15 is 0 Å². The van der Waals surface area contributed by atoms with E-state index in [1.165, 1.54) is 11.9 Å². The summed E-state index contributed by atoms with van der Waals surface area (Å²) >= 11 is 0. The van der Waals surface area contributed by atoms with Crippen LogP contribution in [-0.2, 0) is 11.8 Å². The predicted octanol–water partition coefficient (Wildman–Crippen LogP) is 0.722. The molecule has 0 radical (unpaired) electrons. The van der Waals surface area contributed by atoms with Crippen LogP contribution in [0.3, 0.4) is 0 Å². The van der Waals surface area contributed by atoms with E-state index in [2.05, 4.69) is 5.10 Å². The first-order valence-corrected chi connectivity index (χ1v) is 6.77. The Morgan fingerprint density at radius 3 is 2.43 bits per heavy atom. The molecule has 1 aromatic heterocycles. The number of carboxylic acid groups (broad SMARTS) is 1. The first kappa shape index (κ1) is 16.9. The summed E-state index contributed by atoms with van der Waals surface area (Å²) < 4.78 is 1.13. The second-order valence-corrected chi connectivity index (χ2v) is 5.05. The molecule has 1 atom stereocenters. The van der Waals surface area contributed by atoms with Crippen LogP contribution in [0.25, 0.3) is 0 Å². The van der Waals surface area contributed by atoms with E-state index < -0.39 is 23.5 Å². The summed E-state index contributed by atoms with van der Waals surface area (Å²) in [5.74, 6) is -1.43. The monoisotopic (exact) mass is 295 g/mol. The van der Waals surface area contributed by atoms with Gasteiger partial charge >= 0.3 is 5.97 Å². The molecule has 1 heterocycles. The van der Waals surface area contributed by atoms with Gasteiger partial charge in [-0.15, -0.1) is 0 Å². The maximum absolute atomic E-state index is 12.6. The number of carbonyl (C=O) groups is 2. The summed E-state index contributed by atoms with van der Waals surface area (Å²) in [6.45, 7) is 7.14. The number of aryl methyl sites for hydroxylation is 2. The Balaban J connectivity index is 3.29. The Hall–Kier alpha value is -2.18. The van der Waals surface area contributed by atoms with Crippen molar-refractivity contribution in [2.75, 3.05) is 6.54 Å². The second kappa shape index (κ2) is 6.51. The molecule has 1 N–H and O–H groups in total. The molecule has 0 fully saturated rings. The lowest BCUT2D eigenvalue weighted by atomic mass is 10.1. The van der Waals surface area contributed by atoms with E-state index in [0.29, 0.717) is 17.8 Å². The number of nitrogens with zero attached hydrogens (tertiary/aromatic N) is 3. The van der Waals surface area contributed by atoms with Crippen molar-refractivity contribution in [2.45, 2.75) is 40.2 Å². The van der Waals surface area contributed by atoms with Crippen molar-refractivity contribution in [1.82, 2.24) is 14.7 Å². The maximum Gasteiger partial charge on any atom is 0.305 e. The molecule has 0 bridgehead atoms. The van der Waals surface area contributed by atoms with Crippen molar-refractivity contribution in [2.24, 2.45) is 7.05 Å². The van der Waals surface area contributed by atoms with E-state index in [4.69, 9.17) is 5.11 Å².